The van der Waals surface area contributed by atoms with Crippen molar-refractivity contribution in [1.82, 2.24) is 9.80 Å². The average Bonchev–Trinajstić information content (AvgIpc) is 3.25. The number of hydrogen-bond acceptors (Lipinski definition) is 4. The molecule has 1 aliphatic carbocycles. The van der Waals surface area contributed by atoms with Gasteiger partial charge in [0.05, 0.1) is 0 Å². The van der Waals surface area contributed by atoms with Crippen molar-refractivity contribution >= 4 is 5.69 Å². The lowest BCUT2D eigenvalue weighted by Crippen LogP contribution is -2.47. The first kappa shape index (κ1) is 13.7. The Hall–Kier alpha value is -1.26. The molecule has 110 valence electrons. The molecule has 0 amide bonds. The maximum absolute atomic E-state index is 5.76. The molecule has 1 aromatic carbocycles. The second-order valence-electron chi connectivity index (χ2n) is 6.01. The Bertz CT molecular complexity index is 425. The minimum Gasteiger partial charge on any atom is -0.492 e. The lowest BCUT2D eigenvalue weighted by molar-refractivity contribution is 0.114. The zero-order valence-corrected chi connectivity index (χ0v) is 12.1. The normalized spacial score (nSPS) is 21.0. The van der Waals surface area contributed by atoms with Crippen molar-refractivity contribution in [3.8, 4) is 5.75 Å². The fraction of sp³-hybridized carbons (Fsp3) is 0.625. The monoisotopic (exact) mass is 275 g/mol. The third-order valence-electron chi connectivity index (χ3n) is 4.21. The largest absolute Gasteiger partial charge is 0.492 e. The van der Waals surface area contributed by atoms with Gasteiger partial charge in [0.25, 0.3) is 0 Å². The Kier molecular flexibility index (Phi) is 4.43. The van der Waals surface area contributed by atoms with E-state index in [9.17, 15) is 0 Å². The first-order chi connectivity index (χ1) is 9.79. The molecule has 0 unspecified atom stereocenters. The summed E-state index contributed by atoms with van der Waals surface area (Å²) in [6.45, 7) is 7.86. The van der Waals surface area contributed by atoms with Crippen LogP contribution in [-0.4, -0.2) is 55.7 Å². The molecule has 20 heavy (non-hydrogen) atoms. The Balaban J connectivity index is 1.33. The number of nitrogens with zero attached hydrogens (tertiary/aromatic N) is 2. The van der Waals surface area contributed by atoms with E-state index in [-0.39, 0.29) is 0 Å². The number of anilines is 1. The molecular weight excluding hydrogens is 250 g/mol. The van der Waals surface area contributed by atoms with Crippen LogP contribution in [0.5, 0.6) is 5.75 Å². The van der Waals surface area contributed by atoms with Crippen LogP contribution >= 0.6 is 0 Å². The van der Waals surface area contributed by atoms with Gasteiger partial charge < -0.3 is 15.4 Å². The highest BCUT2D eigenvalue weighted by Crippen LogP contribution is 2.29. The van der Waals surface area contributed by atoms with Gasteiger partial charge in [-0.2, -0.15) is 0 Å². The zero-order valence-electron chi connectivity index (χ0n) is 12.1. The number of piperazine rings is 1. The van der Waals surface area contributed by atoms with Crippen LogP contribution in [0.3, 0.4) is 0 Å². The Labute approximate surface area is 121 Å². The summed E-state index contributed by atoms with van der Waals surface area (Å²) in [5, 5.41) is 0. The lowest BCUT2D eigenvalue weighted by Gasteiger charge is -2.34. The van der Waals surface area contributed by atoms with Gasteiger partial charge >= 0.3 is 0 Å². The molecule has 0 radical (unpaired) electrons. The minimum absolute atomic E-state index is 0.742. The van der Waals surface area contributed by atoms with E-state index in [0.717, 1.165) is 30.5 Å². The van der Waals surface area contributed by atoms with E-state index < -0.39 is 0 Å². The Morgan fingerprint density at radius 2 is 1.85 bits per heavy atom. The molecule has 0 atom stereocenters. The molecule has 1 aromatic rings. The van der Waals surface area contributed by atoms with Gasteiger partial charge in [-0.1, -0.05) is 6.07 Å². The van der Waals surface area contributed by atoms with Gasteiger partial charge in [0.1, 0.15) is 12.4 Å². The minimum atomic E-state index is 0.742. The standard InChI is InChI=1S/C16H25N3O/c17-15-2-1-3-16(12-15)20-11-10-18-6-8-19(9-7-18)13-14-4-5-14/h1-3,12,14H,4-11,13,17H2. The van der Waals surface area contributed by atoms with Crippen LogP contribution in [0.2, 0.25) is 0 Å². The van der Waals surface area contributed by atoms with Crippen LogP contribution in [0.25, 0.3) is 0 Å². The zero-order chi connectivity index (χ0) is 13.8. The highest BCUT2D eigenvalue weighted by molar-refractivity contribution is 5.43. The van der Waals surface area contributed by atoms with Gasteiger partial charge in [0.2, 0.25) is 0 Å². The van der Waals surface area contributed by atoms with E-state index in [2.05, 4.69) is 9.80 Å². The van der Waals surface area contributed by atoms with Crippen LogP contribution < -0.4 is 10.5 Å². The molecule has 1 aliphatic heterocycles. The second-order valence-corrected chi connectivity index (χ2v) is 6.01. The number of ether oxygens (including phenoxy) is 1. The van der Waals surface area contributed by atoms with Crippen LogP contribution in [0, 0.1) is 5.92 Å². The SMILES string of the molecule is Nc1cccc(OCCN2CCN(CC3CC3)CC2)c1. The number of nitrogens with two attached hydrogens (primary N) is 1. The predicted molar refractivity (Wildman–Crippen MR) is 82.0 cm³/mol. The van der Waals surface area contributed by atoms with Crippen molar-refractivity contribution < 1.29 is 4.74 Å². The molecule has 0 aromatic heterocycles. The van der Waals surface area contributed by atoms with E-state index in [1.165, 1.54) is 45.6 Å². The Morgan fingerprint density at radius 3 is 2.55 bits per heavy atom. The fourth-order valence-corrected chi connectivity index (χ4v) is 2.76. The maximum atomic E-state index is 5.76. The van der Waals surface area contributed by atoms with Gasteiger partial charge in [-0.15, -0.1) is 0 Å². The molecule has 0 bridgehead atoms. The van der Waals surface area contributed by atoms with Crippen LogP contribution in [0.15, 0.2) is 24.3 Å². The van der Waals surface area contributed by atoms with Gasteiger partial charge in [-0.25, -0.2) is 0 Å². The first-order valence-corrected chi connectivity index (χ1v) is 7.72. The van der Waals surface area contributed by atoms with Gasteiger partial charge in [0.15, 0.2) is 0 Å². The highest BCUT2D eigenvalue weighted by atomic mass is 16.5. The molecular formula is C16H25N3O. The molecule has 2 fully saturated rings. The molecule has 1 heterocycles. The topological polar surface area (TPSA) is 41.7 Å². The van der Waals surface area contributed by atoms with Crippen molar-refractivity contribution in [2.75, 3.05) is 51.6 Å². The van der Waals surface area contributed by atoms with Crippen molar-refractivity contribution in [3.63, 3.8) is 0 Å². The molecule has 4 heteroatoms. The predicted octanol–water partition coefficient (Wildman–Crippen LogP) is 1.68. The van der Waals surface area contributed by atoms with E-state index in [4.69, 9.17) is 10.5 Å². The Morgan fingerprint density at radius 1 is 1.10 bits per heavy atom. The van der Waals surface area contributed by atoms with Gasteiger partial charge in [0, 0.05) is 51.0 Å². The van der Waals surface area contributed by atoms with E-state index in [0.29, 0.717) is 0 Å². The summed E-state index contributed by atoms with van der Waals surface area (Å²) in [5.41, 5.74) is 6.50. The molecule has 3 rings (SSSR count). The maximum Gasteiger partial charge on any atom is 0.121 e. The van der Waals surface area contributed by atoms with E-state index in [1.807, 2.05) is 24.3 Å². The van der Waals surface area contributed by atoms with Crippen molar-refractivity contribution in [1.29, 1.82) is 0 Å². The summed E-state index contributed by atoms with van der Waals surface area (Å²) in [4.78, 5) is 5.11. The summed E-state index contributed by atoms with van der Waals surface area (Å²) in [5.74, 6) is 1.88. The molecule has 2 aliphatic rings. The van der Waals surface area contributed by atoms with Crippen LogP contribution in [0.4, 0.5) is 5.69 Å². The quantitative estimate of drug-likeness (QED) is 0.802. The van der Waals surface area contributed by atoms with E-state index >= 15 is 0 Å². The summed E-state index contributed by atoms with van der Waals surface area (Å²) in [6.07, 6.45) is 2.91. The smallest absolute Gasteiger partial charge is 0.121 e. The van der Waals surface area contributed by atoms with Crippen molar-refractivity contribution in [3.05, 3.63) is 24.3 Å². The number of rotatable bonds is 6. The second kappa shape index (κ2) is 6.46. The third kappa shape index (κ3) is 4.12. The lowest BCUT2D eigenvalue weighted by atomic mass is 10.3. The molecule has 4 nitrogen and oxygen atoms in total. The fourth-order valence-electron chi connectivity index (χ4n) is 2.76. The number of benzene rings is 1. The van der Waals surface area contributed by atoms with Crippen molar-refractivity contribution in [2.45, 2.75) is 12.8 Å². The van der Waals surface area contributed by atoms with Gasteiger partial charge in [-0.3, -0.25) is 4.90 Å². The average molecular weight is 275 g/mol. The van der Waals surface area contributed by atoms with E-state index in [1.54, 1.807) is 0 Å². The van der Waals surface area contributed by atoms with Gasteiger partial charge in [-0.05, 0) is 30.9 Å². The molecule has 2 N–H and O–H groups in total. The summed E-state index contributed by atoms with van der Waals surface area (Å²) in [7, 11) is 0. The molecule has 0 spiro atoms. The van der Waals surface area contributed by atoms with Crippen LogP contribution in [-0.2, 0) is 0 Å². The highest BCUT2D eigenvalue weighted by Gasteiger charge is 2.26. The number of nitrogen functional groups attached to an aromatic ring is 1. The molecule has 1 saturated carbocycles. The summed E-state index contributed by atoms with van der Waals surface area (Å²) >= 11 is 0. The van der Waals surface area contributed by atoms with Crippen LogP contribution in [0.1, 0.15) is 12.8 Å². The summed E-state index contributed by atoms with van der Waals surface area (Å²) < 4.78 is 5.76. The van der Waals surface area contributed by atoms with Crippen molar-refractivity contribution in [2.24, 2.45) is 5.92 Å². The first-order valence-electron chi connectivity index (χ1n) is 7.72. The molecule has 1 saturated heterocycles. The number of hydrogen-bond donors (Lipinski definition) is 1. The summed E-state index contributed by atoms with van der Waals surface area (Å²) in [6, 6.07) is 7.66. The third-order valence-corrected chi connectivity index (χ3v) is 4.21.